The molecular weight excluding hydrogens is 303 g/mol. The predicted octanol–water partition coefficient (Wildman–Crippen LogP) is 5.31. The fourth-order valence-electron chi connectivity index (χ4n) is 2.87. The minimum atomic E-state index is 0.611. The third-order valence-electron chi connectivity index (χ3n) is 4.39. The Labute approximate surface area is 138 Å². The molecule has 1 unspecified atom stereocenters. The molecule has 1 N–H and O–H groups in total. The Kier molecular flexibility index (Phi) is 7.15. The fourth-order valence-corrected chi connectivity index (χ4v) is 3.17. The van der Waals surface area contributed by atoms with Gasteiger partial charge in [-0.25, -0.2) is 0 Å². The first kappa shape index (κ1) is 16.9. The smallest absolute Gasteiger partial charge is 0.0612 e. The molecule has 1 aliphatic rings. The molecule has 0 saturated carbocycles. The van der Waals surface area contributed by atoms with Gasteiger partial charge in [0, 0.05) is 12.2 Å². The number of nitrogens with zero attached hydrogens (tertiary/aromatic N) is 1. The topological polar surface area (TPSA) is 15.3 Å². The standard InChI is InChI=1S/C17H26Cl2N2/c1-2-14(8-11-21-9-4-3-5-10-21)13-20-15-6-7-16(18)17(19)12-15/h6-7,12,14,20H,2-5,8-11,13H2,1H3. The van der Waals surface area contributed by atoms with Crippen LogP contribution in [0.25, 0.3) is 0 Å². The number of halogens is 2. The van der Waals surface area contributed by atoms with Crippen molar-refractivity contribution in [2.75, 3.05) is 31.5 Å². The highest BCUT2D eigenvalue weighted by Gasteiger charge is 2.13. The number of likely N-dealkylation sites (tertiary alicyclic amines) is 1. The van der Waals surface area contributed by atoms with E-state index in [0.717, 1.165) is 12.2 Å². The highest BCUT2D eigenvalue weighted by atomic mass is 35.5. The molecule has 21 heavy (non-hydrogen) atoms. The zero-order valence-electron chi connectivity index (χ0n) is 12.9. The van der Waals surface area contributed by atoms with E-state index in [0.29, 0.717) is 16.0 Å². The lowest BCUT2D eigenvalue weighted by Crippen LogP contribution is -2.32. The van der Waals surface area contributed by atoms with Crippen molar-refractivity contribution in [1.29, 1.82) is 0 Å². The van der Waals surface area contributed by atoms with Crippen LogP contribution < -0.4 is 5.32 Å². The molecule has 2 nitrogen and oxygen atoms in total. The average Bonchev–Trinajstić information content (AvgIpc) is 2.52. The third-order valence-corrected chi connectivity index (χ3v) is 5.13. The lowest BCUT2D eigenvalue weighted by molar-refractivity contribution is 0.213. The molecule has 118 valence electrons. The quantitative estimate of drug-likeness (QED) is 0.729. The second-order valence-corrected chi connectivity index (χ2v) is 6.79. The zero-order valence-corrected chi connectivity index (χ0v) is 14.4. The summed E-state index contributed by atoms with van der Waals surface area (Å²) < 4.78 is 0. The molecule has 1 aromatic carbocycles. The van der Waals surface area contributed by atoms with Crippen molar-refractivity contribution in [3.8, 4) is 0 Å². The molecule has 1 fully saturated rings. The summed E-state index contributed by atoms with van der Waals surface area (Å²) in [5.74, 6) is 0.710. The van der Waals surface area contributed by atoms with Crippen molar-refractivity contribution in [3.05, 3.63) is 28.2 Å². The van der Waals surface area contributed by atoms with Gasteiger partial charge in [-0.1, -0.05) is 43.0 Å². The van der Waals surface area contributed by atoms with E-state index < -0.39 is 0 Å². The highest BCUT2D eigenvalue weighted by Crippen LogP contribution is 2.25. The van der Waals surface area contributed by atoms with Crippen LogP contribution in [-0.4, -0.2) is 31.1 Å². The number of rotatable bonds is 7. The Bertz CT molecular complexity index is 431. The van der Waals surface area contributed by atoms with Crippen molar-refractivity contribution >= 4 is 28.9 Å². The molecular formula is C17H26Cl2N2. The second-order valence-electron chi connectivity index (χ2n) is 5.98. The van der Waals surface area contributed by atoms with Crippen LogP contribution in [0.5, 0.6) is 0 Å². The van der Waals surface area contributed by atoms with E-state index in [4.69, 9.17) is 23.2 Å². The molecule has 1 aliphatic heterocycles. The van der Waals surface area contributed by atoms with Gasteiger partial charge in [0.25, 0.3) is 0 Å². The molecule has 1 saturated heterocycles. The van der Waals surface area contributed by atoms with Crippen LogP contribution in [0, 0.1) is 5.92 Å². The van der Waals surface area contributed by atoms with E-state index in [1.54, 1.807) is 0 Å². The van der Waals surface area contributed by atoms with Crippen molar-refractivity contribution < 1.29 is 0 Å². The largest absolute Gasteiger partial charge is 0.385 e. The molecule has 1 atom stereocenters. The average molecular weight is 329 g/mol. The van der Waals surface area contributed by atoms with Gasteiger partial charge in [-0.3, -0.25) is 0 Å². The van der Waals surface area contributed by atoms with E-state index in [2.05, 4.69) is 17.1 Å². The predicted molar refractivity (Wildman–Crippen MR) is 93.6 cm³/mol. The Morgan fingerprint density at radius 2 is 1.90 bits per heavy atom. The van der Waals surface area contributed by atoms with Crippen LogP contribution in [0.15, 0.2) is 18.2 Å². The molecule has 0 radical (unpaired) electrons. The fraction of sp³-hybridized carbons (Fsp3) is 0.647. The summed E-state index contributed by atoms with van der Waals surface area (Å²) in [4.78, 5) is 2.62. The molecule has 0 aromatic heterocycles. The number of nitrogens with one attached hydrogen (secondary N) is 1. The van der Waals surface area contributed by atoms with Gasteiger partial charge in [-0.2, -0.15) is 0 Å². The first-order valence-corrected chi connectivity index (χ1v) is 8.86. The minimum Gasteiger partial charge on any atom is -0.385 e. The summed E-state index contributed by atoms with van der Waals surface area (Å²) in [7, 11) is 0. The van der Waals surface area contributed by atoms with Crippen LogP contribution >= 0.6 is 23.2 Å². The summed E-state index contributed by atoms with van der Waals surface area (Å²) in [6, 6.07) is 5.74. The van der Waals surface area contributed by atoms with Gasteiger partial charge in [0.1, 0.15) is 0 Å². The minimum absolute atomic E-state index is 0.611. The third kappa shape index (κ3) is 5.69. The van der Waals surface area contributed by atoms with Gasteiger partial charge in [-0.05, 0) is 63.0 Å². The Hall–Kier alpha value is -0.440. The van der Waals surface area contributed by atoms with Gasteiger partial charge in [-0.15, -0.1) is 0 Å². The lowest BCUT2D eigenvalue weighted by atomic mass is 10.0. The number of hydrogen-bond acceptors (Lipinski definition) is 2. The number of anilines is 1. The molecule has 2 rings (SSSR count). The molecule has 0 spiro atoms. The molecule has 1 heterocycles. The Morgan fingerprint density at radius 3 is 2.57 bits per heavy atom. The van der Waals surface area contributed by atoms with Crippen LogP contribution in [0.1, 0.15) is 39.0 Å². The van der Waals surface area contributed by atoms with Crippen molar-refractivity contribution in [2.24, 2.45) is 5.92 Å². The van der Waals surface area contributed by atoms with Crippen molar-refractivity contribution in [1.82, 2.24) is 4.90 Å². The number of hydrogen-bond donors (Lipinski definition) is 1. The van der Waals surface area contributed by atoms with Crippen molar-refractivity contribution in [3.63, 3.8) is 0 Å². The van der Waals surface area contributed by atoms with E-state index in [-0.39, 0.29) is 0 Å². The maximum absolute atomic E-state index is 6.05. The normalized spacial score (nSPS) is 17.7. The molecule has 0 amide bonds. The summed E-state index contributed by atoms with van der Waals surface area (Å²) in [6.07, 6.45) is 6.64. The van der Waals surface area contributed by atoms with E-state index in [9.17, 15) is 0 Å². The van der Waals surface area contributed by atoms with Gasteiger partial charge in [0.2, 0.25) is 0 Å². The molecule has 0 bridgehead atoms. The van der Waals surface area contributed by atoms with Crippen LogP contribution in [-0.2, 0) is 0 Å². The van der Waals surface area contributed by atoms with Crippen LogP contribution in [0.3, 0.4) is 0 Å². The Balaban J connectivity index is 1.74. The second kappa shape index (κ2) is 8.87. The van der Waals surface area contributed by atoms with E-state index >= 15 is 0 Å². The SMILES string of the molecule is CCC(CCN1CCCCC1)CNc1ccc(Cl)c(Cl)c1. The Morgan fingerprint density at radius 1 is 1.14 bits per heavy atom. The first-order valence-electron chi connectivity index (χ1n) is 8.10. The molecule has 4 heteroatoms. The van der Waals surface area contributed by atoms with Gasteiger partial charge < -0.3 is 10.2 Å². The van der Waals surface area contributed by atoms with Gasteiger partial charge in [0.05, 0.1) is 10.0 Å². The summed E-state index contributed by atoms with van der Waals surface area (Å²) in [5.41, 5.74) is 1.06. The monoisotopic (exact) mass is 328 g/mol. The van der Waals surface area contributed by atoms with Gasteiger partial charge >= 0.3 is 0 Å². The van der Waals surface area contributed by atoms with E-state index in [1.807, 2.05) is 18.2 Å². The first-order chi connectivity index (χ1) is 10.2. The zero-order chi connectivity index (χ0) is 15.1. The molecule has 0 aliphatic carbocycles. The number of benzene rings is 1. The molecule has 1 aromatic rings. The van der Waals surface area contributed by atoms with Crippen LogP contribution in [0.4, 0.5) is 5.69 Å². The van der Waals surface area contributed by atoms with E-state index in [1.165, 1.54) is 51.7 Å². The summed E-state index contributed by atoms with van der Waals surface area (Å²) in [5, 5.41) is 4.71. The summed E-state index contributed by atoms with van der Waals surface area (Å²) >= 11 is 12.0. The number of piperidine rings is 1. The maximum Gasteiger partial charge on any atom is 0.0612 e. The lowest BCUT2D eigenvalue weighted by Gasteiger charge is -2.28. The van der Waals surface area contributed by atoms with Gasteiger partial charge in [0.15, 0.2) is 0 Å². The van der Waals surface area contributed by atoms with Crippen molar-refractivity contribution in [2.45, 2.75) is 39.0 Å². The van der Waals surface area contributed by atoms with Crippen LogP contribution in [0.2, 0.25) is 10.0 Å². The maximum atomic E-state index is 6.05. The highest BCUT2D eigenvalue weighted by molar-refractivity contribution is 6.42. The summed E-state index contributed by atoms with van der Waals surface area (Å²) in [6.45, 7) is 7.09.